The van der Waals surface area contributed by atoms with Gasteiger partial charge in [0.2, 0.25) is 0 Å². The molecule has 0 aliphatic heterocycles. The number of hydrogen-bond acceptors (Lipinski definition) is 4. The standard InChI is InChI=1S/C18H21N3OS2/c1-3-20(4-2)18(23)24-13-17(22)15-12-21(11-7-10-19)16-9-6-5-8-14(15)16/h5-6,8-9,12H,3-4,7,11,13H2,1-2H3. The van der Waals surface area contributed by atoms with Gasteiger partial charge in [-0.05, 0) is 19.9 Å². The Morgan fingerprint density at radius 2 is 2.04 bits per heavy atom. The van der Waals surface area contributed by atoms with Gasteiger partial charge < -0.3 is 9.47 Å². The van der Waals surface area contributed by atoms with Crippen LogP contribution in [0, 0.1) is 11.3 Å². The lowest BCUT2D eigenvalue weighted by Gasteiger charge is -2.20. The number of para-hydroxylation sites is 1. The first-order valence-electron chi connectivity index (χ1n) is 8.02. The first-order chi connectivity index (χ1) is 11.6. The van der Waals surface area contributed by atoms with Gasteiger partial charge in [-0.1, -0.05) is 42.2 Å². The Morgan fingerprint density at radius 1 is 1.33 bits per heavy atom. The van der Waals surface area contributed by atoms with Crippen molar-refractivity contribution in [2.24, 2.45) is 0 Å². The lowest BCUT2D eigenvalue weighted by molar-refractivity contribution is 0.102. The molecule has 0 saturated carbocycles. The second kappa shape index (κ2) is 8.86. The SMILES string of the molecule is CCN(CC)C(=S)SCC(=O)c1cn(CCC#N)c2ccccc12. The number of benzene rings is 1. The molecule has 2 aromatic rings. The van der Waals surface area contributed by atoms with Crippen molar-refractivity contribution in [2.45, 2.75) is 26.8 Å². The third kappa shape index (κ3) is 4.16. The van der Waals surface area contributed by atoms with Crippen LogP contribution in [0.1, 0.15) is 30.6 Å². The highest BCUT2D eigenvalue weighted by molar-refractivity contribution is 8.23. The lowest BCUT2D eigenvalue weighted by Crippen LogP contribution is -2.27. The van der Waals surface area contributed by atoms with Gasteiger partial charge in [-0.3, -0.25) is 4.79 Å². The summed E-state index contributed by atoms with van der Waals surface area (Å²) < 4.78 is 2.75. The van der Waals surface area contributed by atoms with E-state index in [1.165, 1.54) is 11.8 Å². The summed E-state index contributed by atoms with van der Waals surface area (Å²) in [5.74, 6) is 0.406. The molecule has 0 bridgehead atoms. The van der Waals surface area contributed by atoms with Gasteiger partial charge >= 0.3 is 0 Å². The average molecular weight is 360 g/mol. The molecule has 0 N–H and O–H groups in total. The number of thiocarbonyl (C=S) groups is 1. The molecule has 0 unspecified atom stereocenters. The minimum absolute atomic E-state index is 0.0708. The van der Waals surface area contributed by atoms with Crippen LogP contribution in [0.25, 0.3) is 10.9 Å². The van der Waals surface area contributed by atoms with Crippen LogP contribution in [-0.4, -0.2) is 38.4 Å². The van der Waals surface area contributed by atoms with Crippen molar-refractivity contribution in [3.05, 3.63) is 36.0 Å². The van der Waals surface area contributed by atoms with Crippen molar-refractivity contribution in [3.63, 3.8) is 0 Å². The second-order valence-corrected chi connectivity index (χ2v) is 6.92. The molecular formula is C18H21N3OS2. The summed E-state index contributed by atoms with van der Waals surface area (Å²) >= 11 is 6.81. The molecule has 0 amide bonds. The summed E-state index contributed by atoms with van der Waals surface area (Å²) in [6.07, 6.45) is 2.29. The van der Waals surface area contributed by atoms with Crippen molar-refractivity contribution in [1.82, 2.24) is 9.47 Å². The first-order valence-corrected chi connectivity index (χ1v) is 9.41. The highest BCUT2D eigenvalue weighted by Gasteiger charge is 2.16. The monoisotopic (exact) mass is 359 g/mol. The summed E-state index contributed by atoms with van der Waals surface area (Å²) in [4.78, 5) is 14.7. The predicted molar refractivity (Wildman–Crippen MR) is 104 cm³/mol. The number of rotatable bonds is 7. The topological polar surface area (TPSA) is 49.0 Å². The van der Waals surface area contributed by atoms with Crippen molar-refractivity contribution >= 4 is 45.0 Å². The largest absolute Gasteiger partial charge is 0.358 e. The molecule has 0 aliphatic rings. The fourth-order valence-corrected chi connectivity index (χ4v) is 3.89. The van der Waals surface area contributed by atoms with E-state index in [0.29, 0.717) is 24.3 Å². The highest BCUT2D eigenvalue weighted by Crippen LogP contribution is 2.23. The van der Waals surface area contributed by atoms with E-state index < -0.39 is 0 Å². The lowest BCUT2D eigenvalue weighted by atomic mass is 10.1. The molecule has 126 valence electrons. The molecule has 24 heavy (non-hydrogen) atoms. The zero-order valence-electron chi connectivity index (χ0n) is 14.0. The van der Waals surface area contributed by atoms with Crippen LogP contribution < -0.4 is 0 Å². The van der Waals surface area contributed by atoms with Crippen LogP contribution in [0.2, 0.25) is 0 Å². The van der Waals surface area contributed by atoms with Crippen LogP contribution in [-0.2, 0) is 6.54 Å². The van der Waals surface area contributed by atoms with E-state index in [-0.39, 0.29) is 5.78 Å². The molecule has 0 aliphatic carbocycles. The van der Waals surface area contributed by atoms with Crippen LogP contribution >= 0.6 is 24.0 Å². The van der Waals surface area contributed by atoms with Gasteiger partial charge in [0.1, 0.15) is 4.32 Å². The zero-order chi connectivity index (χ0) is 17.5. The van der Waals surface area contributed by atoms with Gasteiger partial charge in [-0.15, -0.1) is 0 Å². The Kier molecular flexibility index (Phi) is 6.83. The van der Waals surface area contributed by atoms with Crippen molar-refractivity contribution in [2.75, 3.05) is 18.8 Å². The normalized spacial score (nSPS) is 10.5. The number of aryl methyl sites for hydroxylation is 1. The number of fused-ring (bicyclic) bond motifs is 1. The molecule has 0 spiro atoms. The molecule has 2 rings (SSSR count). The number of thioether (sulfide) groups is 1. The zero-order valence-corrected chi connectivity index (χ0v) is 15.6. The molecular weight excluding hydrogens is 338 g/mol. The second-order valence-electron chi connectivity index (χ2n) is 5.31. The highest BCUT2D eigenvalue weighted by atomic mass is 32.2. The van der Waals surface area contributed by atoms with E-state index in [1.54, 1.807) is 0 Å². The number of Topliss-reactive ketones (excluding diaryl/α,β-unsaturated/α-hetero) is 1. The van der Waals surface area contributed by atoms with E-state index in [9.17, 15) is 4.79 Å². The maximum Gasteiger partial charge on any atom is 0.175 e. The van der Waals surface area contributed by atoms with Gasteiger partial charge in [0.25, 0.3) is 0 Å². The van der Waals surface area contributed by atoms with Gasteiger partial charge in [-0.25, -0.2) is 0 Å². The number of ketones is 1. The fraction of sp³-hybridized carbons (Fsp3) is 0.389. The summed E-state index contributed by atoms with van der Waals surface area (Å²) in [5, 5.41) is 9.75. The number of carbonyl (C=O) groups is 1. The van der Waals surface area contributed by atoms with E-state index in [1.807, 2.05) is 35.0 Å². The van der Waals surface area contributed by atoms with E-state index in [4.69, 9.17) is 17.5 Å². The van der Waals surface area contributed by atoms with Crippen LogP contribution in [0.15, 0.2) is 30.5 Å². The Balaban J connectivity index is 2.18. The average Bonchev–Trinajstić information content (AvgIpc) is 2.98. The first kappa shape index (κ1) is 18.5. The van der Waals surface area contributed by atoms with E-state index in [0.717, 1.165) is 28.3 Å². The Labute approximate surface area is 152 Å². The minimum Gasteiger partial charge on any atom is -0.358 e. The van der Waals surface area contributed by atoms with Crippen LogP contribution in [0.3, 0.4) is 0 Å². The molecule has 0 radical (unpaired) electrons. The Morgan fingerprint density at radius 3 is 2.71 bits per heavy atom. The van der Waals surface area contributed by atoms with E-state index in [2.05, 4.69) is 24.8 Å². The minimum atomic E-state index is 0.0708. The quantitative estimate of drug-likeness (QED) is 0.550. The summed E-state index contributed by atoms with van der Waals surface area (Å²) in [7, 11) is 0. The molecule has 1 heterocycles. The van der Waals surface area contributed by atoms with Crippen LogP contribution in [0.4, 0.5) is 0 Å². The number of hydrogen-bond donors (Lipinski definition) is 0. The van der Waals surface area contributed by atoms with E-state index >= 15 is 0 Å². The summed E-state index contributed by atoms with van der Waals surface area (Å²) in [6.45, 7) is 6.41. The van der Waals surface area contributed by atoms with Gasteiger partial charge in [0.05, 0.1) is 18.2 Å². The fourth-order valence-electron chi connectivity index (χ4n) is 2.60. The van der Waals surface area contributed by atoms with Crippen molar-refractivity contribution in [1.29, 1.82) is 5.26 Å². The molecule has 0 atom stereocenters. The number of nitrogens with zero attached hydrogens (tertiary/aromatic N) is 3. The molecule has 0 saturated heterocycles. The number of carbonyl (C=O) groups excluding carboxylic acids is 1. The molecule has 6 heteroatoms. The third-order valence-corrected chi connectivity index (χ3v) is 5.43. The Hall–Kier alpha value is -1.84. The van der Waals surface area contributed by atoms with Gasteiger partial charge in [0.15, 0.2) is 5.78 Å². The van der Waals surface area contributed by atoms with Gasteiger partial charge in [-0.2, -0.15) is 5.26 Å². The van der Waals surface area contributed by atoms with Crippen molar-refractivity contribution in [3.8, 4) is 6.07 Å². The molecule has 0 fully saturated rings. The smallest absolute Gasteiger partial charge is 0.175 e. The summed E-state index contributed by atoms with van der Waals surface area (Å²) in [5.41, 5.74) is 1.70. The Bertz CT molecular complexity index is 772. The van der Waals surface area contributed by atoms with Crippen molar-refractivity contribution < 1.29 is 4.79 Å². The summed E-state index contributed by atoms with van der Waals surface area (Å²) in [6, 6.07) is 9.97. The predicted octanol–water partition coefficient (Wildman–Crippen LogP) is 4.10. The molecule has 1 aromatic heterocycles. The maximum absolute atomic E-state index is 12.7. The van der Waals surface area contributed by atoms with Gasteiger partial charge in [0, 0.05) is 42.3 Å². The maximum atomic E-state index is 12.7. The molecule has 1 aromatic carbocycles. The molecule has 4 nitrogen and oxygen atoms in total. The van der Waals surface area contributed by atoms with Crippen LogP contribution in [0.5, 0.6) is 0 Å². The number of nitriles is 1. The number of aromatic nitrogens is 1. The third-order valence-electron chi connectivity index (χ3n) is 3.90.